The van der Waals surface area contributed by atoms with Gasteiger partial charge < -0.3 is 10.6 Å². The molecule has 24 heavy (non-hydrogen) atoms. The number of anilines is 4. The van der Waals surface area contributed by atoms with E-state index in [1.807, 2.05) is 19.1 Å². The summed E-state index contributed by atoms with van der Waals surface area (Å²) in [5.41, 5.74) is 3.89. The maximum absolute atomic E-state index is 13.3. The topological polar surface area (TPSA) is 62.7 Å². The van der Waals surface area contributed by atoms with Gasteiger partial charge in [0.15, 0.2) is 5.82 Å². The molecule has 0 saturated heterocycles. The number of benzene rings is 2. The number of hydrogen-bond donors (Lipinski definition) is 2. The Morgan fingerprint density at radius 3 is 2.71 bits per heavy atom. The molecule has 122 valence electrons. The summed E-state index contributed by atoms with van der Waals surface area (Å²) in [6, 6.07) is 12.3. The SMILES string of the molecule is CCc1cccc(C)c1Nc1nncc(Nc2cccc(F)c2)n1. The molecule has 0 amide bonds. The van der Waals surface area contributed by atoms with Gasteiger partial charge in [-0.2, -0.15) is 10.1 Å². The molecule has 0 spiro atoms. The molecule has 5 nitrogen and oxygen atoms in total. The zero-order chi connectivity index (χ0) is 16.9. The van der Waals surface area contributed by atoms with Crippen LogP contribution in [0.2, 0.25) is 0 Å². The monoisotopic (exact) mass is 323 g/mol. The van der Waals surface area contributed by atoms with Crippen molar-refractivity contribution in [3.63, 3.8) is 0 Å². The third-order valence-electron chi connectivity index (χ3n) is 3.63. The Bertz CT molecular complexity index is 850. The highest BCUT2D eigenvalue weighted by atomic mass is 19.1. The Morgan fingerprint density at radius 2 is 1.92 bits per heavy atom. The van der Waals surface area contributed by atoms with Gasteiger partial charge in [0.1, 0.15) is 5.82 Å². The molecule has 0 aliphatic rings. The van der Waals surface area contributed by atoms with E-state index in [1.165, 1.54) is 23.9 Å². The minimum Gasteiger partial charge on any atom is -0.339 e. The van der Waals surface area contributed by atoms with Crippen LogP contribution < -0.4 is 10.6 Å². The van der Waals surface area contributed by atoms with Gasteiger partial charge in [-0.25, -0.2) is 4.39 Å². The third kappa shape index (κ3) is 3.65. The number of aryl methyl sites for hydroxylation is 2. The van der Waals surface area contributed by atoms with E-state index in [0.717, 1.165) is 17.7 Å². The molecular formula is C18H18FN5. The van der Waals surface area contributed by atoms with Crippen LogP contribution in [0.25, 0.3) is 0 Å². The van der Waals surface area contributed by atoms with E-state index in [0.29, 0.717) is 17.5 Å². The zero-order valence-corrected chi connectivity index (χ0v) is 13.5. The van der Waals surface area contributed by atoms with E-state index in [2.05, 4.69) is 38.8 Å². The van der Waals surface area contributed by atoms with Gasteiger partial charge in [0.05, 0.1) is 6.20 Å². The van der Waals surface area contributed by atoms with E-state index in [9.17, 15) is 4.39 Å². The molecule has 3 rings (SSSR count). The highest BCUT2D eigenvalue weighted by Gasteiger charge is 2.08. The number of aromatic nitrogens is 3. The van der Waals surface area contributed by atoms with Gasteiger partial charge in [-0.05, 0) is 42.7 Å². The second-order valence-corrected chi connectivity index (χ2v) is 5.39. The summed E-state index contributed by atoms with van der Waals surface area (Å²) in [6.07, 6.45) is 2.40. The van der Waals surface area contributed by atoms with E-state index < -0.39 is 0 Å². The summed E-state index contributed by atoms with van der Waals surface area (Å²) >= 11 is 0. The second-order valence-electron chi connectivity index (χ2n) is 5.39. The van der Waals surface area contributed by atoms with Crippen molar-refractivity contribution in [2.24, 2.45) is 0 Å². The van der Waals surface area contributed by atoms with Crippen molar-refractivity contribution >= 4 is 23.1 Å². The predicted molar refractivity (Wildman–Crippen MR) is 93.3 cm³/mol. The summed E-state index contributed by atoms with van der Waals surface area (Å²) in [5.74, 6) is 0.568. The molecule has 0 bridgehead atoms. The van der Waals surface area contributed by atoms with Gasteiger partial charge in [-0.3, -0.25) is 0 Å². The highest BCUT2D eigenvalue weighted by Crippen LogP contribution is 2.24. The minimum atomic E-state index is -0.312. The Kier molecular flexibility index (Phi) is 4.65. The molecular weight excluding hydrogens is 305 g/mol. The van der Waals surface area contributed by atoms with Crippen molar-refractivity contribution in [1.29, 1.82) is 0 Å². The van der Waals surface area contributed by atoms with Crippen LogP contribution in [-0.2, 0) is 6.42 Å². The van der Waals surface area contributed by atoms with Crippen molar-refractivity contribution in [1.82, 2.24) is 15.2 Å². The first-order valence-electron chi connectivity index (χ1n) is 7.73. The van der Waals surface area contributed by atoms with Gasteiger partial charge in [-0.15, -0.1) is 5.10 Å². The fourth-order valence-corrected chi connectivity index (χ4v) is 2.44. The van der Waals surface area contributed by atoms with Crippen molar-refractivity contribution in [2.75, 3.05) is 10.6 Å². The van der Waals surface area contributed by atoms with Crippen LogP contribution in [0.15, 0.2) is 48.7 Å². The van der Waals surface area contributed by atoms with E-state index in [1.54, 1.807) is 12.1 Å². The Morgan fingerprint density at radius 1 is 1.08 bits per heavy atom. The molecule has 6 heteroatoms. The first-order chi connectivity index (χ1) is 11.7. The van der Waals surface area contributed by atoms with Crippen molar-refractivity contribution in [3.05, 3.63) is 65.6 Å². The van der Waals surface area contributed by atoms with Crippen molar-refractivity contribution in [3.8, 4) is 0 Å². The summed E-state index contributed by atoms with van der Waals surface area (Å²) < 4.78 is 13.3. The standard InChI is InChI=1S/C18H18FN5/c1-3-13-7-4-6-12(2)17(13)23-18-22-16(11-20-24-18)21-15-9-5-8-14(19)10-15/h4-11H,3H2,1-2H3,(H2,21,22,23,24). The van der Waals surface area contributed by atoms with Crippen LogP contribution in [-0.4, -0.2) is 15.2 Å². The van der Waals surface area contributed by atoms with Crippen molar-refractivity contribution < 1.29 is 4.39 Å². The number of hydrogen-bond acceptors (Lipinski definition) is 5. The van der Waals surface area contributed by atoms with Gasteiger partial charge in [0.2, 0.25) is 5.95 Å². The Hall–Kier alpha value is -3.02. The summed E-state index contributed by atoms with van der Waals surface area (Å²) in [7, 11) is 0. The molecule has 1 aromatic heterocycles. The first kappa shape index (κ1) is 15.9. The number of halogens is 1. The van der Waals surface area contributed by atoms with Crippen molar-refractivity contribution in [2.45, 2.75) is 20.3 Å². The molecule has 0 saturated carbocycles. The smallest absolute Gasteiger partial charge is 0.249 e. The van der Waals surface area contributed by atoms with Gasteiger partial charge >= 0.3 is 0 Å². The lowest BCUT2D eigenvalue weighted by Gasteiger charge is -2.13. The van der Waals surface area contributed by atoms with Crippen LogP contribution in [0.4, 0.5) is 27.5 Å². The van der Waals surface area contributed by atoms with E-state index in [4.69, 9.17) is 0 Å². The molecule has 0 unspecified atom stereocenters. The quantitative estimate of drug-likeness (QED) is 0.730. The molecule has 3 aromatic rings. The molecule has 1 heterocycles. The zero-order valence-electron chi connectivity index (χ0n) is 13.5. The first-order valence-corrected chi connectivity index (χ1v) is 7.73. The number of para-hydroxylation sites is 1. The lowest BCUT2D eigenvalue weighted by Crippen LogP contribution is -2.05. The fourth-order valence-electron chi connectivity index (χ4n) is 2.44. The minimum absolute atomic E-state index is 0.312. The van der Waals surface area contributed by atoms with Crippen LogP contribution in [0.5, 0.6) is 0 Å². The fraction of sp³-hybridized carbons (Fsp3) is 0.167. The summed E-state index contributed by atoms with van der Waals surface area (Å²) in [4.78, 5) is 4.39. The maximum Gasteiger partial charge on any atom is 0.249 e. The summed E-state index contributed by atoms with van der Waals surface area (Å²) in [6.45, 7) is 4.13. The number of nitrogens with zero attached hydrogens (tertiary/aromatic N) is 3. The molecule has 0 aliphatic heterocycles. The third-order valence-corrected chi connectivity index (χ3v) is 3.63. The maximum atomic E-state index is 13.3. The normalized spacial score (nSPS) is 10.5. The molecule has 0 atom stereocenters. The lowest BCUT2D eigenvalue weighted by molar-refractivity contribution is 0.628. The molecule has 0 radical (unpaired) electrons. The van der Waals surface area contributed by atoms with Gasteiger partial charge in [0.25, 0.3) is 0 Å². The number of rotatable bonds is 5. The van der Waals surface area contributed by atoms with Crippen LogP contribution in [0.1, 0.15) is 18.1 Å². The van der Waals surface area contributed by atoms with Gasteiger partial charge in [-0.1, -0.05) is 31.2 Å². The molecule has 2 aromatic carbocycles. The molecule has 0 fully saturated rings. The average molecular weight is 323 g/mol. The largest absolute Gasteiger partial charge is 0.339 e. The molecule has 2 N–H and O–H groups in total. The van der Waals surface area contributed by atoms with Gasteiger partial charge in [0, 0.05) is 11.4 Å². The van der Waals surface area contributed by atoms with Crippen LogP contribution in [0, 0.1) is 12.7 Å². The predicted octanol–water partition coefficient (Wildman–Crippen LogP) is 4.37. The molecule has 0 aliphatic carbocycles. The second kappa shape index (κ2) is 7.04. The van der Waals surface area contributed by atoms with Crippen LogP contribution >= 0.6 is 0 Å². The highest BCUT2D eigenvalue weighted by molar-refractivity contribution is 5.64. The van der Waals surface area contributed by atoms with Crippen LogP contribution in [0.3, 0.4) is 0 Å². The summed E-state index contributed by atoms with van der Waals surface area (Å²) in [5, 5.41) is 14.2. The van der Waals surface area contributed by atoms with E-state index >= 15 is 0 Å². The Balaban J connectivity index is 1.84. The van der Waals surface area contributed by atoms with E-state index in [-0.39, 0.29) is 5.82 Å². The lowest BCUT2D eigenvalue weighted by atomic mass is 10.1. The number of nitrogens with one attached hydrogen (secondary N) is 2. The average Bonchev–Trinajstić information content (AvgIpc) is 2.57. The Labute approximate surface area is 140 Å².